The topological polar surface area (TPSA) is 58.9 Å². The van der Waals surface area contributed by atoms with E-state index in [0.29, 0.717) is 12.8 Å². The van der Waals surface area contributed by atoms with Crippen molar-refractivity contribution in [2.45, 2.75) is 128 Å². The molecule has 0 saturated heterocycles. The lowest BCUT2D eigenvalue weighted by atomic mass is 10.0. The zero-order valence-electron chi connectivity index (χ0n) is 18.0. The normalized spacial score (nSPS) is 11.7. The van der Waals surface area contributed by atoms with Gasteiger partial charge in [-0.3, -0.25) is 0 Å². The molecule has 8 heteroatoms. The van der Waals surface area contributed by atoms with Crippen molar-refractivity contribution in [1.29, 1.82) is 0 Å². The Kier molecular flexibility index (Phi) is 17.3. The third-order valence-electron chi connectivity index (χ3n) is 5.12. The molecule has 0 atom stereocenters. The molecule has 0 saturated carbocycles. The standard InChI is InChI=1S/C22H36F4N2O2/c23-21(24,27-19-29)17-15-13-11-9-7-5-3-1-2-4-6-8-10-12-14-16-18-22(25,26)28-20-30/h1-18H2. The molecular weight excluding hydrogens is 400 g/mol. The van der Waals surface area contributed by atoms with Gasteiger partial charge in [0.2, 0.25) is 12.2 Å². The Morgan fingerprint density at radius 3 is 0.833 bits per heavy atom. The monoisotopic (exact) mass is 436 g/mol. The maximum absolute atomic E-state index is 12.9. The Labute approximate surface area is 177 Å². The SMILES string of the molecule is O=C=NC(F)(F)CCCCCCCCCCCCCCCCCCC(F)(F)N=C=O. The summed E-state index contributed by atoms with van der Waals surface area (Å²) in [5.74, 6) is 0. The molecular formula is C22H36F4N2O2. The van der Waals surface area contributed by atoms with Crippen LogP contribution in [0.15, 0.2) is 9.98 Å². The van der Waals surface area contributed by atoms with E-state index in [-0.39, 0.29) is 12.8 Å². The molecule has 0 N–H and O–H groups in total. The van der Waals surface area contributed by atoms with Gasteiger partial charge in [0, 0.05) is 12.8 Å². The molecule has 30 heavy (non-hydrogen) atoms. The summed E-state index contributed by atoms with van der Waals surface area (Å²) < 4.78 is 51.7. The van der Waals surface area contributed by atoms with E-state index < -0.39 is 12.1 Å². The van der Waals surface area contributed by atoms with Gasteiger partial charge in [-0.15, -0.1) is 9.98 Å². The molecule has 0 aliphatic carbocycles. The van der Waals surface area contributed by atoms with Gasteiger partial charge in [0.25, 0.3) is 0 Å². The van der Waals surface area contributed by atoms with Crippen LogP contribution in [0.5, 0.6) is 0 Å². The van der Waals surface area contributed by atoms with E-state index in [1.54, 1.807) is 0 Å². The average Bonchev–Trinajstić information content (AvgIpc) is 2.66. The minimum atomic E-state index is -3.26. The number of rotatable bonds is 21. The number of isocyanates is 2. The molecule has 0 radical (unpaired) electrons. The molecule has 174 valence electrons. The van der Waals surface area contributed by atoms with Crippen molar-refractivity contribution in [2.75, 3.05) is 0 Å². The van der Waals surface area contributed by atoms with E-state index in [2.05, 4.69) is 9.98 Å². The predicted octanol–water partition coefficient (Wildman–Crippen LogP) is 7.87. The summed E-state index contributed by atoms with van der Waals surface area (Å²) in [6.45, 7) is 0. The number of halogens is 4. The summed E-state index contributed by atoms with van der Waals surface area (Å²) in [5, 5.41) is 0. The van der Waals surface area contributed by atoms with Crippen LogP contribution in [-0.4, -0.2) is 24.3 Å². The molecule has 0 fully saturated rings. The van der Waals surface area contributed by atoms with E-state index in [1.807, 2.05) is 0 Å². The van der Waals surface area contributed by atoms with Gasteiger partial charge in [0.1, 0.15) is 0 Å². The number of aliphatic imine (C=N–C) groups is 2. The Balaban J connectivity index is 3.25. The fraction of sp³-hybridized carbons (Fsp3) is 0.909. The molecule has 0 aliphatic rings. The van der Waals surface area contributed by atoms with Crippen molar-refractivity contribution in [3.63, 3.8) is 0 Å². The van der Waals surface area contributed by atoms with Crippen LogP contribution in [0, 0.1) is 0 Å². The fourth-order valence-corrected chi connectivity index (χ4v) is 3.40. The quantitative estimate of drug-likeness (QED) is 0.0604. The molecule has 0 aliphatic heterocycles. The van der Waals surface area contributed by atoms with E-state index in [4.69, 9.17) is 0 Å². The molecule has 0 rings (SSSR count). The molecule has 0 aromatic rings. The highest BCUT2D eigenvalue weighted by Gasteiger charge is 2.27. The number of alkyl halides is 4. The van der Waals surface area contributed by atoms with Gasteiger partial charge in [0.05, 0.1) is 0 Å². The van der Waals surface area contributed by atoms with Crippen molar-refractivity contribution in [3.05, 3.63) is 0 Å². The summed E-state index contributed by atoms with van der Waals surface area (Å²) in [5.41, 5.74) is 0. The van der Waals surface area contributed by atoms with E-state index in [0.717, 1.165) is 63.5 Å². The molecule has 0 amide bonds. The van der Waals surface area contributed by atoms with Crippen molar-refractivity contribution in [1.82, 2.24) is 0 Å². The molecule has 0 aromatic carbocycles. The maximum Gasteiger partial charge on any atom is 0.351 e. The van der Waals surface area contributed by atoms with Crippen LogP contribution in [0.1, 0.15) is 116 Å². The van der Waals surface area contributed by atoms with Gasteiger partial charge in [-0.2, -0.15) is 17.6 Å². The highest BCUT2D eigenvalue weighted by Crippen LogP contribution is 2.24. The first-order valence-electron chi connectivity index (χ1n) is 11.3. The second-order valence-corrected chi connectivity index (χ2v) is 7.89. The Morgan fingerprint density at radius 1 is 0.433 bits per heavy atom. The van der Waals surface area contributed by atoms with Gasteiger partial charge < -0.3 is 0 Å². The van der Waals surface area contributed by atoms with Gasteiger partial charge in [-0.25, -0.2) is 9.59 Å². The Morgan fingerprint density at radius 2 is 0.633 bits per heavy atom. The first-order chi connectivity index (χ1) is 14.3. The van der Waals surface area contributed by atoms with Crippen LogP contribution in [0.4, 0.5) is 17.6 Å². The van der Waals surface area contributed by atoms with Crippen LogP contribution in [0.3, 0.4) is 0 Å². The third kappa shape index (κ3) is 19.8. The highest BCUT2D eigenvalue weighted by atomic mass is 19.3. The lowest BCUT2D eigenvalue weighted by Gasteiger charge is -2.08. The first-order valence-corrected chi connectivity index (χ1v) is 11.3. The summed E-state index contributed by atoms with van der Waals surface area (Å²) >= 11 is 0. The van der Waals surface area contributed by atoms with Gasteiger partial charge in [-0.1, -0.05) is 89.9 Å². The van der Waals surface area contributed by atoms with Gasteiger partial charge >= 0.3 is 12.1 Å². The zero-order valence-corrected chi connectivity index (χ0v) is 18.0. The highest BCUT2D eigenvalue weighted by molar-refractivity contribution is 5.33. The average molecular weight is 437 g/mol. The van der Waals surface area contributed by atoms with Crippen molar-refractivity contribution in [2.24, 2.45) is 9.98 Å². The summed E-state index contributed by atoms with van der Waals surface area (Å²) in [4.78, 5) is 24.7. The van der Waals surface area contributed by atoms with Crippen molar-refractivity contribution >= 4 is 12.2 Å². The first kappa shape index (κ1) is 28.5. The fourth-order valence-electron chi connectivity index (χ4n) is 3.40. The summed E-state index contributed by atoms with van der Waals surface area (Å²) in [7, 11) is 0. The molecule has 0 bridgehead atoms. The van der Waals surface area contributed by atoms with Gasteiger partial charge in [-0.05, 0) is 12.8 Å². The number of carbonyl (C=O) groups excluding carboxylic acids is 2. The summed E-state index contributed by atoms with van der Waals surface area (Å²) in [6.07, 6.45) is 16.7. The number of unbranched alkanes of at least 4 members (excludes halogenated alkanes) is 15. The van der Waals surface area contributed by atoms with Crippen molar-refractivity contribution in [3.8, 4) is 0 Å². The Bertz CT molecular complexity index is 471. The lowest BCUT2D eigenvalue weighted by Crippen LogP contribution is -2.11. The molecule has 4 nitrogen and oxygen atoms in total. The third-order valence-corrected chi connectivity index (χ3v) is 5.12. The Hall–Kier alpha value is -1.52. The largest absolute Gasteiger partial charge is 0.351 e. The van der Waals surface area contributed by atoms with Crippen LogP contribution in [0.2, 0.25) is 0 Å². The second kappa shape index (κ2) is 18.3. The minimum Gasteiger partial charge on any atom is -0.211 e. The number of hydrogen-bond acceptors (Lipinski definition) is 4. The minimum absolute atomic E-state index is 0.374. The van der Waals surface area contributed by atoms with Crippen LogP contribution < -0.4 is 0 Å². The van der Waals surface area contributed by atoms with E-state index >= 15 is 0 Å². The summed E-state index contributed by atoms with van der Waals surface area (Å²) in [6, 6.07) is -6.51. The number of hydrogen-bond donors (Lipinski definition) is 0. The van der Waals surface area contributed by atoms with Crippen LogP contribution >= 0.6 is 0 Å². The van der Waals surface area contributed by atoms with E-state index in [1.165, 1.54) is 38.5 Å². The molecule has 0 unspecified atom stereocenters. The molecule has 0 heterocycles. The second-order valence-electron chi connectivity index (χ2n) is 7.89. The smallest absolute Gasteiger partial charge is 0.211 e. The van der Waals surface area contributed by atoms with Crippen molar-refractivity contribution < 1.29 is 27.2 Å². The molecule has 0 spiro atoms. The van der Waals surface area contributed by atoms with Crippen LogP contribution in [-0.2, 0) is 9.59 Å². The maximum atomic E-state index is 12.9. The number of nitrogens with zero attached hydrogens (tertiary/aromatic N) is 2. The lowest BCUT2D eigenvalue weighted by molar-refractivity contribution is -0.000960. The molecule has 0 aromatic heterocycles. The predicted molar refractivity (Wildman–Crippen MR) is 109 cm³/mol. The van der Waals surface area contributed by atoms with E-state index in [9.17, 15) is 27.2 Å². The van der Waals surface area contributed by atoms with Gasteiger partial charge in [0.15, 0.2) is 0 Å². The van der Waals surface area contributed by atoms with Crippen LogP contribution in [0.25, 0.3) is 0 Å². The zero-order chi connectivity index (χ0) is 22.6.